The zero-order valence-electron chi connectivity index (χ0n) is 19.0. The number of rotatable bonds is 5. The molecule has 0 radical (unpaired) electrons. The molecular weight excluding hydrogens is 396 g/mol. The summed E-state index contributed by atoms with van der Waals surface area (Å²) >= 11 is 0. The number of carbonyl (C=O) groups excluding carboxylic acids is 1. The third-order valence-corrected chi connectivity index (χ3v) is 7.12. The minimum atomic E-state index is -0.0804. The fraction of sp³-hybridized carbons (Fsp3) is 0.370. The van der Waals surface area contributed by atoms with Crippen molar-refractivity contribution in [2.45, 2.75) is 45.2 Å². The van der Waals surface area contributed by atoms with Gasteiger partial charge in [0.2, 0.25) is 0 Å². The number of carbonyl (C=O) groups is 1. The van der Waals surface area contributed by atoms with Crippen molar-refractivity contribution in [3.63, 3.8) is 0 Å². The van der Waals surface area contributed by atoms with Crippen LogP contribution in [0.3, 0.4) is 0 Å². The summed E-state index contributed by atoms with van der Waals surface area (Å²) in [5.41, 5.74) is 6.00. The number of hydrogen-bond acceptors (Lipinski definition) is 3. The third kappa shape index (κ3) is 4.17. The van der Waals surface area contributed by atoms with Crippen molar-refractivity contribution < 1.29 is 4.79 Å². The van der Waals surface area contributed by atoms with Gasteiger partial charge >= 0.3 is 0 Å². The van der Waals surface area contributed by atoms with Gasteiger partial charge in [0.05, 0.1) is 0 Å². The molecule has 2 atom stereocenters. The van der Waals surface area contributed by atoms with Crippen molar-refractivity contribution in [3.8, 4) is 11.3 Å². The SMILES string of the molecule is Cc1cc(N2CCC(N3CCCC3C)C2)ccc1NC(=O)c1ccc(-c2ccc[nH]2)cc1. The number of nitrogens with zero attached hydrogens (tertiary/aromatic N) is 2. The summed E-state index contributed by atoms with van der Waals surface area (Å²) in [6.07, 6.45) is 5.80. The van der Waals surface area contributed by atoms with Crippen molar-refractivity contribution in [1.82, 2.24) is 9.88 Å². The molecule has 0 saturated carbocycles. The number of benzene rings is 2. The zero-order valence-corrected chi connectivity index (χ0v) is 19.0. The number of likely N-dealkylation sites (tertiary alicyclic amines) is 1. The fourth-order valence-electron chi connectivity index (χ4n) is 5.24. The first-order valence-corrected chi connectivity index (χ1v) is 11.7. The van der Waals surface area contributed by atoms with Crippen molar-refractivity contribution >= 4 is 17.3 Å². The summed E-state index contributed by atoms with van der Waals surface area (Å²) in [5, 5.41) is 3.08. The zero-order chi connectivity index (χ0) is 22.1. The second kappa shape index (κ2) is 8.83. The molecule has 1 aromatic heterocycles. The summed E-state index contributed by atoms with van der Waals surface area (Å²) in [4.78, 5) is 21.2. The van der Waals surface area contributed by atoms with Crippen molar-refractivity contribution in [2.24, 2.45) is 0 Å². The Bertz CT molecular complexity index is 1070. The summed E-state index contributed by atoms with van der Waals surface area (Å²) in [5.74, 6) is -0.0804. The summed E-state index contributed by atoms with van der Waals surface area (Å²) in [6, 6.07) is 19.5. The van der Waals surface area contributed by atoms with Crippen LogP contribution in [0.1, 0.15) is 42.1 Å². The molecule has 5 rings (SSSR count). The van der Waals surface area contributed by atoms with E-state index in [4.69, 9.17) is 0 Å². The third-order valence-electron chi connectivity index (χ3n) is 7.12. The van der Waals surface area contributed by atoms with E-state index in [0.717, 1.165) is 41.6 Å². The minimum absolute atomic E-state index is 0.0804. The minimum Gasteiger partial charge on any atom is -0.370 e. The lowest BCUT2D eigenvalue weighted by molar-refractivity contribution is 0.102. The molecule has 0 bridgehead atoms. The highest BCUT2D eigenvalue weighted by Crippen LogP contribution is 2.30. The maximum absolute atomic E-state index is 12.8. The maximum atomic E-state index is 12.8. The van der Waals surface area contributed by atoms with Gasteiger partial charge < -0.3 is 15.2 Å². The Labute approximate surface area is 190 Å². The molecule has 3 aromatic rings. The summed E-state index contributed by atoms with van der Waals surface area (Å²) in [7, 11) is 0. The van der Waals surface area contributed by atoms with E-state index in [1.807, 2.05) is 48.7 Å². The Morgan fingerprint density at radius 1 is 1.06 bits per heavy atom. The highest BCUT2D eigenvalue weighted by molar-refractivity contribution is 6.05. The molecule has 2 unspecified atom stereocenters. The molecule has 2 fully saturated rings. The molecule has 166 valence electrons. The average molecular weight is 429 g/mol. The van der Waals surface area contributed by atoms with Crippen LogP contribution < -0.4 is 10.2 Å². The molecule has 5 heteroatoms. The van der Waals surface area contributed by atoms with E-state index in [2.05, 4.69) is 46.1 Å². The normalized spacial score (nSPS) is 21.2. The van der Waals surface area contributed by atoms with Crippen LogP contribution in [0, 0.1) is 6.92 Å². The molecule has 1 amide bonds. The molecule has 3 heterocycles. The Morgan fingerprint density at radius 2 is 1.91 bits per heavy atom. The van der Waals surface area contributed by atoms with E-state index < -0.39 is 0 Å². The molecule has 0 spiro atoms. The van der Waals surface area contributed by atoms with Crippen LogP contribution in [0.4, 0.5) is 11.4 Å². The molecule has 2 aliphatic rings. The first-order valence-electron chi connectivity index (χ1n) is 11.7. The average Bonchev–Trinajstić information content (AvgIpc) is 3.57. The van der Waals surface area contributed by atoms with Gasteiger partial charge in [0.1, 0.15) is 0 Å². The lowest BCUT2D eigenvalue weighted by Crippen LogP contribution is -2.39. The van der Waals surface area contributed by atoms with Crippen LogP contribution in [0.15, 0.2) is 60.8 Å². The Balaban J connectivity index is 1.23. The number of aromatic amines is 1. The van der Waals surface area contributed by atoms with E-state index in [9.17, 15) is 4.79 Å². The first-order chi connectivity index (χ1) is 15.6. The number of hydrogen-bond donors (Lipinski definition) is 2. The van der Waals surface area contributed by atoms with Crippen LogP contribution in [0.2, 0.25) is 0 Å². The van der Waals surface area contributed by atoms with Crippen LogP contribution in [-0.4, -0.2) is 47.5 Å². The fourth-order valence-corrected chi connectivity index (χ4v) is 5.24. The van der Waals surface area contributed by atoms with Crippen molar-refractivity contribution in [1.29, 1.82) is 0 Å². The van der Waals surface area contributed by atoms with Crippen LogP contribution >= 0.6 is 0 Å². The Kier molecular flexibility index (Phi) is 5.75. The lowest BCUT2D eigenvalue weighted by atomic mass is 10.1. The second-order valence-electron chi connectivity index (χ2n) is 9.23. The van der Waals surface area contributed by atoms with Crippen molar-refractivity contribution in [2.75, 3.05) is 29.9 Å². The Morgan fingerprint density at radius 3 is 2.59 bits per heavy atom. The van der Waals surface area contributed by atoms with Crippen LogP contribution in [0.5, 0.6) is 0 Å². The summed E-state index contributed by atoms with van der Waals surface area (Å²) < 4.78 is 0. The smallest absolute Gasteiger partial charge is 0.255 e. The van der Waals surface area contributed by atoms with Gasteiger partial charge in [-0.2, -0.15) is 0 Å². The van der Waals surface area contributed by atoms with Gasteiger partial charge in [-0.15, -0.1) is 0 Å². The molecule has 2 N–H and O–H groups in total. The molecule has 0 aliphatic carbocycles. The van der Waals surface area contributed by atoms with Gasteiger partial charge in [0, 0.05) is 54.0 Å². The maximum Gasteiger partial charge on any atom is 0.255 e. The first kappa shape index (κ1) is 20.8. The van der Waals surface area contributed by atoms with Crippen molar-refractivity contribution in [3.05, 3.63) is 71.9 Å². The topological polar surface area (TPSA) is 51.4 Å². The number of aryl methyl sites for hydroxylation is 1. The monoisotopic (exact) mass is 428 g/mol. The molecule has 2 aliphatic heterocycles. The predicted octanol–water partition coefficient (Wildman–Crippen LogP) is 5.31. The van der Waals surface area contributed by atoms with Gasteiger partial charge in [-0.3, -0.25) is 9.69 Å². The number of aromatic nitrogens is 1. The lowest BCUT2D eigenvalue weighted by Gasteiger charge is -2.28. The van der Waals surface area contributed by atoms with Gasteiger partial charge in [-0.25, -0.2) is 0 Å². The summed E-state index contributed by atoms with van der Waals surface area (Å²) in [6.45, 7) is 7.89. The largest absolute Gasteiger partial charge is 0.370 e. The quantitative estimate of drug-likeness (QED) is 0.579. The van der Waals surface area contributed by atoms with Gasteiger partial charge in [0.25, 0.3) is 5.91 Å². The standard InChI is InChI=1S/C27H32N4O/c1-19-17-23(30-16-13-24(18-30)31-15-4-5-20(31)2)11-12-25(19)29-27(32)22-9-7-21(8-10-22)26-6-3-14-28-26/h3,6-12,14,17,20,24,28H,4-5,13,15-16,18H2,1-2H3,(H,29,32). The van der Waals surface area contributed by atoms with E-state index in [0.29, 0.717) is 11.6 Å². The number of amides is 1. The predicted molar refractivity (Wildman–Crippen MR) is 131 cm³/mol. The van der Waals surface area contributed by atoms with E-state index in [1.54, 1.807) is 0 Å². The van der Waals surface area contributed by atoms with E-state index in [1.165, 1.54) is 31.5 Å². The van der Waals surface area contributed by atoms with Crippen LogP contribution in [0.25, 0.3) is 11.3 Å². The molecular formula is C27H32N4O. The Hall–Kier alpha value is -3.05. The van der Waals surface area contributed by atoms with E-state index in [-0.39, 0.29) is 5.91 Å². The highest BCUT2D eigenvalue weighted by Gasteiger charge is 2.33. The van der Waals surface area contributed by atoms with E-state index >= 15 is 0 Å². The number of nitrogens with one attached hydrogen (secondary N) is 2. The number of H-pyrrole nitrogens is 1. The van der Waals surface area contributed by atoms with Gasteiger partial charge in [0.15, 0.2) is 0 Å². The molecule has 32 heavy (non-hydrogen) atoms. The number of anilines is 2. The van der Waals surface area contributed by atoms with Gasteiger partial charge in [-0.1, -0.05) is 12.1 Å². The molecule has 2 aromatic carbocycles. The highest BCUT2D eigenvalue weighted by atomic mass is 16.1. The van der Waals surface area contributed by atoms with Crippen LogP contribution in [-0.2, 0) is 0 Å². The molecule has 2 saturated heterocycles. The van der Waals surface area contributed by atoms with Gasteiger partial charge in [-0.05, 0) is 93.2 Å². The second-order valence-corrected chi connectivity index (χ2v) is 9.23. The molecule has 5 nitrogen and oxygen atoms in total.